The predicted molar refractivity (Wildman–Crippen MR) is 87.1 cm³/mol. The highest BCUT2D eigenvalue weighted by molar-refractivity contribution is 6.62. The fourth-order valence-corrected chi connectivity index (χ4v) is 2.74. The summed E-state index contributed by atoms with van der Waals surface area (Å²) in [5.41, 5.74) is -0.571. The van der Waals surface area contributed by atoms with Crippen molar-refractivity contribution in [2.45, 2.75) is 38.9 Å². The maximum absolute atomic E-state index is 14.3. The zero-order chi connectivity index (χ0) is 17.7. The zero-order valence-electron chi connectivity index (χ0n) is 14.3. The minimum Gasteiger partial charge on any atom is -0.399 e. The fraction of sp³-hybridized carbons (Fsp3) is 0.529. The van der Waals surface area contributed by atoms with Crippen LogP contribution in [-0.4, -0.2) is 42.2 Å². The second-order valence-electron chi connectivity index (χ2n) is 7.36. The lowest BCUT2D eigenvalue weighted by atomic mass is 9.77. The van der Waals surface area contributed by atoms with Crippen LogP contribution in [0.4, 0.5) is 4.39 Å². The van der Waals surface area contributed by atoms with Crippen LogP contribution in [-0.2, 0) is 9.31 Å². The number of nitrogens with zero attached hydrogens (tertiary/aromatic N) is 2. The van der Waals surface area contributed by atoms with Gasteiger partial charge in [0.1, 0.15) is 5.82 Å². The van der Waals surface area contributed by atoms with E-state index >= 15 is 0 Å². The van der Waals surface area contributed by atoms with Gasteiger partial charge in [-0.15, -0.1) is 0 Å². The van der Waals surface area contributed by atoms with Crippen molar-refractivity contribution in [1.29, 1.82) is 5.26 Å². The molecular formula is C17H20BFN2O3. The standard InChI is InChI=1S/C17H20BFN2O3/c1-16(2)17(3,4)24-18(23-16)13-7-12(5-6-14(13)19)15(22)21-9-11(8-20)10-21/h5-7,11H,9-10H2,1-4H3. The zero-order valence-corrected chi connectivity index (χ0v) is 14.3. The summed E-state index contributed by atoms with van der Waals surface area (Å²) in [6.07, 6.45) is 0. The number of rotatable bonds is 2. The minimum absolute atomic E-state index is 0.114. The molecule has 0 unspecified atom stereocenters. The summed E-state index contributed by atoms with van der Waals surface area (Å²) in [7, 11) is -0.856. The van der Waals surface area contributed by atoms with Crippen molar-refractivity contribution in [3.05, 3.63) is 29.6 Å². The molecule has 2 aliphatic heterocycles. The van der Waals surface area contributed by atoms with Crippen molar-refractivity contribution in [1.82, 2.24) is 4.90 Å². The third-order valence-electron chi connectivity index (χ3n) is 5.10. The highest BCUT2D eigenvalue weighted by atomic mass is 19.1. The summed E-state index contributed by atoms with van der Waals surface area (Å²) in [5, 5.41) is 8.81. The van der Waals surface area contributed by atoms with Gasteiger partial charge < -0.3 is 14.2 Å². The van der Waals surface area contributed by atoms with Crippen LogP contribution < -0.4 is 5.46 Å². The van der Waals surface area contributed by atoms with Gasteiger partial charge in [0.15, 0.2) is 0 Å². The normalized spacial score (nSPS) is 22.2. The third kappa shape index (κ3) is 2.70. The van der Waals surface area contributed by atoms with E-state index in [1.54, 1.807) is 4.90 Å². The third-order valence-corrected chi connectivity index (χ3v) is 5.10. The molecule has 2 fully saturated rings. The maximum atomic E-state index is 14.3. The molecule has 0 radical (unpaired) electrons. The molecule has 2 heterocycles. The summed E-state index contributed by atoms with van der Waals surface area (Å²) >= 11 is 0. The molecule has 3 rings (SSSR count). The predicted octanol–water partition coefficient (Wildman–Crippen LogP) is 1.72. The summed E-state index contributed by atoms with van der Waals surface area (Å²) in [6.45, 7) is 8.39. The van der Waals surface area contributed by atoms with Gasteiger partial charge >= 0.3 is 7.12 Å². The Balaban J connectivity index is 1.83. The largest absolute Gasteiger partial charge is 0.497 e. The van der Waals surface area contributed by atoms with E-state index in [1.807, 2.05) is 27.7 Å². The van der Waals surface area contributed by atoms with Gasteiger partial charge in [0, 0.05) is 24.1 Å². The van der Waals surface area contributed by atoms with Gasteiger partial charge in [-0.3, -0.25) is 4.79 Å². The van der Waals surface area contributed by atoms with Crippen LogP contribution in [0.2, 0.25) is 0 Å². The fourth-order valence-electron chi connectivity index (χ4n) is 2.74. The molecule has 2 aliphatic rings. The summed E-state index contributed by atoms with van der Waals surface area (Å²) < 4.78 is 26.0. The Bertz CT molecular complexity index is 707. The van der Waals surface area contributed by atoms with Crippen LogP contribution in [0.25, 0.3) is 0 Å². The van der Waals surface area contributed by atoms with Gasteiger partial charge in [-0.2, -0.15) is 5.26 Å². The number of amides is 1. The van der Waals surface area contributed by atoms with E-state index in [1.165, 1.54) is 18.2 Å². The summed E-state index contributed by atoms with van der Waals surface area (Å²) in [5.74, 6) is -0.792. The second-order valence-corrected chi connectivity index (χ2v) is 7.36. The molecule has 1 aromatic carbocycles. The molecule has 0 atom stereocenters. The molecule has 2 saturated heterocycles. The van der Waals surface area contributed by atoms with E-state index in [2.05, 4.69) is 6.07 Å². The minimum atomic E-state index is -0.856. The first-order valence-corrected chi connectivity index (χ1v) is 7.98. The quantitative estimate of drug-likeness (QED) is 0.775. The maximum Gasteiger partial charge on any atom is 0.497 e. The Morgan fingerprint density at radius 1 is 1.29 bits per heavy atom. The van der Waals surface area contributed by atoms with Crippen molar-refractivity contribution >= 4 is 18.5 Å². The Kier molecular flexibility index (Phi) is 3.93. The van der Waals surface area contributed by atoms with E-state index in [0.29, 0.717) is 18.7 Å². The number of nitriles is 1. The molecule has 5 nitrogen and oxygen atoms in total. The number of carbonyl (C=O) groups excluding carboxylic acids is 1. The number of benzene rings is 1. The highest BCUT2D eigenvalue weighted by Crippen LogP contribution is 2.36. The lowest BCUT2D eigenvalue weighted by Crippen LogP contribution is -2.49. The molecule has 1 amide bonds. The Labute approximate surface area is 141 Å². The average Bonchev–Trinajstić information content (AvgIpc) is 2.66. The summed E-state index contributed by atoms with van der Waals surface area (Å²) in [6, 6.07) is 6.32. The van der Waals surface area contributed by atoms with Crippen LogP contribution in [0.1, 0.15) is 38.1 Å². The molecule has 0 bridgehead atoms. The highest BCUT2D eigenvalue weighted by Gasteiger charge is 2.52. The first-order valence-electron chi connectivity index (χ1n) is 7.98. The number of hydrogen-bond donors (Lipinski definition) is 0. The van der Waals surface area contributed by atoms with E-state index in [0.717, 1.165) is 0 Å². The number of hydrogen-bond acceptors (Lipinski definition) is 4. The van der Waals surface area contributed by atoms with E-state index in [-0.39, 0.29) is 17.3 Å². The molecule has 0 aromatic heterocycles. The van der Waals surface area contributed by atoms with Crippen LogP contribution in [0, 0.1) is 23.1 Å². The van der Waals surface area contributed by atoms with Crippen LogP contribution >= 0.6 is 0 Å². The molecule has 24 heavy (non-hydrogen) atoms. The molecular weight excluding hydrogens is 310 g/mol. The number of halogens is 1. The molecule has 0 N–H and O–H groups in total. The SMILES string of the molecule is CC1(C)OB(c2cc(C(=O)N3CC(C#N)C3)ccc2F)OC1(C)C. The smallest absolute Gasteiger partial charge is 0.399 e. The van der Waals surface area contributed by atoms with Crippen LogP contribution in [0.3, 0.4) is 0 Å². The van der Waals surface area contributed by atoms with Crippen LogP contribution in [0.15, 0.2) is 18.2 Å². The lowest BCUT2D eigenvalue weighted by Gasteiger charge is -2.35. The van der Waals surface area contributed by atoms with Gasteiger partial charge in [-0.05, 0) is 45.9 Å². The first-order chi connectivity index (χ1) is 11.1. The molecule has 0 spiro atoms. The van der Waals surface area contributed by atoms with Gasteiger partial charge in [0.25, 0.3) is 5.91 Å². The van der Waals surface area contributed by atoms with Gasteiger partial charge in [0.2, 0.25) is 0 Å². The Morgan fingerprint density at radius 2 is 1.88 bits per heavy atom. The lowest BCUT2D eigenvalue weighted by molar-refractivity contribution is 0.00578. The first kappa shape index (κ1) is 16.9. The van der Waals surface area contributed by atoms with Crippen LogP contribution in [0.5, 0.6) is 0 Å². The van der Waals surface area contributed by atoms with Gasteiger partial charge in [0.05, 0.1) is 23.2 Å². The van der Waals surface area contributed by atoms with Crippen molar-refractivity contribution in [3.8, 4) is 6.07 Å². The Hall–Kier alpha value is -1.91. The van der Waals surface area contributed by atoms with Crippen molar-refractivity contribution in [3.63, 3.8) is 0 Å². The summed E-state index contributed by atoms with van der Waals surface area (Å²) in [4.78, 5) is 14.0. The number of likely N-dealkylation sites (tertiary alicyclic amines) is 1. The van der Waals surface area contributed by atoms with E-state index in [9.17, 15) is 9.18 Å². The average molecular weight is 330 g/mol. The second kappa shape index (κ2) is 5.57. The molecule has 1 aromatic rings. The van der Waals surface area contributed by atoms with E-state index < -0.39 is 24.1 Å². The van der Waals surface area contributed by atoms with Crippen molar-refractivity contribution < 1.29 is 18.5 Å². The molecule has 7 heteroatoms. The van der Waals surface area contributed by atoms with Crippen molar-refractivity contribution in [2.75, 3.05) is 13.1 Å². The van der Waals surface area contributed by atoms with Gasteiger partial charge in [-0.1, -0.05) is 0 Å². The Morgan fingerprint density at radius 3 is 2.42 bits per heavy atom. The topological polar surface area (TPSA) is 62.6 Å². The number of carbonyl (C=O) groups is 1. The molecule has 126 valence electrons. The van der Waals surface area contributed by atoms with Gasteiger partial charge in [-0.25, -0.2) is 4.39 Å². The van der Waals surface area contributed by atoms with Crippen molar-refractivity contribution in [2.24, 2.45) is 5.92 Å². The van der Waals surface area contributed by atoms with E-state index in [4.69, 9.17) is 14.6 Å². The molecule has 0 aliphatic carbocycles. The monoisotopic (exact) mass is 330 g/mol. The molecule has 0 saturated carbocycles.